The molecule has 3 heteroatoms. The predicted molar refractivity (Wildman–Crippen MR) is 87.1 cm³/mol. The first-order valence-electron chi connectivity index (χ1n) is 7.75. The molecule has 1 saturated carbocycles. The van der Waals surface area contributed by atoms with Gasteiger partial charge in [-0.2, -0.15) is 0 Å². The fourth-order valence-corrected chi connectivity index (χ4v) is 3.22. The van der Waals surface area contributed by atoms with E-state index in [0.717, 1.165) is 18.0 Å². The maximum Gasteiger partial charge on any atom is 0.0406 e. The molecule has 1 aromatic rings. The average Bonchev–Trinajstić information content (AvgIpc) is 2.46. The minimum absolute atomic E-state index is 0.0756. The van der Waals surface area contributed by atoms with Crippen molar-refractivity contribution in [2.75, 3.05) is 13.6 Å². The van der Waals surface area contributed by atoms with Crippen LogP contribution in [0.1, 0.15) is 57.1 Å². The van der Waals surface area contributed by atoms with Gasteiger partial charge in [0.1, 0.15) is 0 Å². The lowest BCUT2D eigenvalue weighted by Crippen LogP contribution is -2.44. The Kier molecular flexibility index (Phi) is 5.48. The van der Waals surface area contributed by atoms with Crippen molar-refractivity contribution in [2.24, 2.45) is 5.73 Å². The molecule has 1 aliphatic carbocycles. The third-order valence-corrected chi connectivity index (χ3v) is 5.08. The van der Waals surface area contributed by atoms with E-state index in [0.29, 0.717) is 6.04 Å². The molecule has 0 saturated heterocycles. The van der Waals surface area contributed by atoms with E-state index in [2.05, 4.69) is 31.0 Å². The maximum absolute atomic E-state index is 6.52. The van der Waals surface area contributed by atoms with Crippen LogP contribution in [-0.2, 0) is 0 Å². The van der Waals surface area contributed by atoms with Crippen molar-refractivity contribution in [2.45, 2.75) is 57.0 Å². The van der Waals surface area contributed by atoms with Crippen molar-refractivity contribution >= 4 is 11.6 Å². The Balaban J connectivity index is 1.87. The summed E-state index contributed by atoms with van der Waals surface area (Å²) in [5, 5.41) is 0.798. The maximum atomic E-state index is 6.52. The summed E-state index contributed by atoms with van der Waals surface area (Å²) >= 11 is 5.95. The Morgan fingerprint density at radius 1 is 1.20 bits per heavy atom. The first-order valence-corrected chi connectivity index (χ1v) is 8.13. The normalized spacial score (nSPS) is 20.1. The number of halogens is 1. The molecule has 0 heterocycles. The van der Waals surface area contributed by atoms with Crippen molar-refractivity contribution in [3.05, 3.63) is 34.9 Å². The largest absolute Gasteiger partial charge is 0.325 e. The van der Waals surface area contributed by atoms with Crippen molar-refractivity contribution in [1.82, 2.24) is 4.90 Å². The highest BCUT2D eigenvalue weighted by Crippen LogP contribution is 2.30. The van der Waals surface area contributed by atoms with E-state index < -0.39 is 0 Å². The number of benzene rings is 1. The van der Waals surface area contributed by atoms with Crippen LogP contribution < -0.4 is 5.73 Å². The molecular weight excluding hydrogens is 268 g/mol. The molecular formula is C17H27ClN2. The molecule has 0 radical (unpaired) electrons. The summed E-state index contributed by atoms with van der Waals surface area (Å²) < 4.78 is 0. The van der Waals surface area contributed by atoms with Gasteiger partial charge in [0.15, 0.2) is 0 Å². The summed E-state index contributed by atoms with van der Waals surface area (Å²) in [4.78, 5) is 2.40. The van der Waals surface area contributed by atoms with E-state index in [1.54, 1.807) is 0 Å². The number of nitrogens with zero attached hydrogens (tertiary/aromatic N) is 1. The van der Waals surface area contributed by atoms with Gasteiger partial charge in [-0.05, 0) is 50.9 Å². The lowest BCUT2D eigenvalue weighted by Gasteiger charge is -2.36. The van der Waals surface area contributed by atoms with Gasteiger partial charge in [0.25, 0.3) is 0 Å². The molecule has 2 rings (SSSR count). The van der Waals surface area contributed by atoms with Crippen molar-refractivity contribution in [3.63, 3.8) is 0 Å². The second kappa shape index (κ2) is 6.93. The van der Waals surface area contributed by atoms with Gasteiger partial charge in [0, 0.05) is 23.1 Å². The summed E-state index contributed by atoms with van der Waals surface area (Å²) in [7, 11) is 2.19. The second-order valence-corrected chi connectivity index (χ2v) is 6.82. The molecule has 2 nitrogen and oxygen atoms in total. The molecule has 1 unspecified atom stereocenters. The highest BCUT2D eigenvalue weighted by atomic mass is 35.5. The Hall–Kier alpha value is -0.570. The summed E-state index contributed by atoms with van der Waals surface area (Å²) in [6.07, 6.45) is 7.43. The van der Waals surface area contributed by atoms with Crippen LogP contribution in [0.2, 0.25) is 5.02 Å². The highest BCUT2D eigenvalue weighted by molar-refractivity contribution is 6.30. The predicted octanol–water partition coefficient (Wildman–Crippen LogP) is 4.38. The molecule has 1 atom stereocenters. The van der Waals surface area contributed by atoms with Gasteiger partial charge in [0.05, 0.1) is 0 Å². The fourth-order valence-electron chi connectivity index (χ4n) is 3.09. The molecule has 2 N–H and O–H groups in total. The summed E-state index contributed by atoms with van der Waals surface area (Å²) in [6, 6.07) is 8.56. The molecule has 1 aromatic carbocycles. The zero-order valence-corrected chi connectivity index (χ0v) is 13.5. The van der Waals surface area contributed by atoms with Crippen LogP contribution in [0.5, 0.6) is 0 Å². The molecule has 0 spiro atoms. The third-order valence-electron chi connectivity index (χ3n) is 4.83. The smallest absolute Gasteiger partial charge is 0.0406 e. The third kappa shape index (κ3) is 4.21. The van der Waals surface area contributed by atoms with Crippen molar-refractivity contribution in [1.29, 1.82) is 0 Å². The highest BCUT2D eigenvalue weighted by Gasteiger charge is 2.27. The zero-order valence-electron chi connectivity index (χ0n) is 12.7. The van der Waals surface area contributed by atoms with E-state index in [1.165, 1.54) is 37.7 Å². The number of nitrogens with two attached hydrogens (primary N) is 1. The molecule has 1 aliphatic rings. The van der Waals surface area contributed by atoms with Crippen LogP contribution in [0, 0.1) is 0 Å². The molecule has 112 valence electrons. The minimum Gasteiger partial charge on any atom is -0.325 e. The lowest BCUT2D eigenvalue weighted by atomic mass is 9.80. The molecule has 20 heavy (non-hydrogen) atoms. The average molecular weight is 295 g/mol. The Morgan fingerprint density at radius 3 is 2.40 bits per heavy atom. The van der Waals surface area contributed by atoms with E-state index >= 15 is 0 Å². The summed E-state index contributed by atoms with van der Waals surface area (Å²) in [6.45, 7) is 3.30. The fraction of sp³-hybridized carbons (Fsp3) is 0.647. The van der Waals surface area contributed by atoms with Crippen molar-refractivity contribution < 1.29 is 0 Å². The van der Waals surface area contributed by atoms with Gasteiger partial charge < -0.3 is 5.73 Å². The second-order valence-electron chi connectivity index (χ2n) is 6.38. The first kappa shape index (κ1) is 15.8. The Bertz CT molecular complexity index is 410. The Morgan fingerprint density at radius 2 is 1.80 bits per heavy atom. The summed E-state index contributed by atoms with van der Waals surface area (Å²) in [5.41, 5.74) is 7.91. The molecule has 0 bridgehead atoms. The van der Waals surface area contributed by atoms with Gasteiger partial charge in [-0.15, -0.1) is 0 Å². The van der Waals surface area contributed by atoms with Gasteiger partial charge in [0.2, 0.25) is 0 Å². The van der Waals surface area contributed by atoms with Crippen LogP contribution in [0.15, 0.2) is 24.3 Å². The van der Waals surface area contributed by atoms with E-state index in [1.807, 2.05) is 12.1 Å². The van der Waals surface area contributed by atoms with Gasteiger partial charge in [-0.25, -0.2) is 0 Å². The van der Waals surface area contributed by atoms with Gasteiger partial charge in [-0.3, -0.25) is 4.90 Å². The van der Waals surface area contributed by atoms with Gasteiger partial charge in [-0.1, -0.05) is 43.0 Å². The topological polar surface area (TPSA) is 29.3 Å². The van der Waals surface area contributed by atoms with Crippen molar-refractivity contribution in [3.8, 4) is 0 Å². The first-order chi connectivity index (χ1) is 9.50. The number of hydrogen-bond donors (Lipinski definition) is 1. The lowest BCUT2D eigenvalue weighted by molar-refractivity contribution is 0.201. The zero-order chi connectivity index (χ0) is 14.6. The van der Waals surface area contributed by atoms with E-state index in [4.69, 9.17) is 17.3 Å². The number of hydrogen-bond acceptors (Lipinski definition) is 2. The standard InChI is InChI=1S/C17H27ClN2/c1-14(15-6-8-16(18)9-7-15)20(2)13-12-17(19)10-4-3-5-11-17/h6-9,14H,3-5,10-13,19H2,1-2H3. The van der Waals surface area contributed by atoms with Crippen LogP contribution in [0.4, 0.5) is 0 Å². The van der Waals surface area contributed by atoms with Crippen LogP contribution >= 0.6 is 11.6 Å². The van der Waals surface area contributed by atoms with E-state index in [9.17, 15) is 0 Å². The van der Waals surface area contributed by atoms with E-state index in [-0.39, 0.29) is 5.54 Å². The molecule has 0 aliphatic heterocycles. The van der Waals surface area contributed by atoms with Gasteiger partial charge >= 0.3 is 0 Å². The number of rotatable bonds is 5. The molecule has 0 amide bonds. The monoisotopic (exact) mass is 294 g/mol. The van der Waals surface area contributed by atoms with Crippen LogP contribution in [-0.4, -0.2) is 24.0 Å². The van der Waals surface area contributed by atoms with Crippen LogP contribution in [0.25, 0.3) is 0 Å². The molecule has 0 aromatic heterocycles. The molecule has 1 fully saturated rings. The Labute approximate surface area is 128 Å². The van der Waals surface area contributed by atoms with Crippen LogP contribution in [0.3, 0.4) is 0 Å². The minimum atomic E-state index is 0.0756. The summed E-state index contributed by atoms with van der Waals surface area (Å²) in [5.74, 6) is 0. The quantitative estimate of drug-likeness (QED) is 0.873. The SMILES string of the molecule is CC(c1ccc(Cl)cc1)N(C)CCC1(N)CCCCC1.